The fourth-order valence-corrected chi connectivity index (χ4v) is 1.64. The van der Waals surface area contributed by atoms with Gasteiger partial charge in [-0.3, -0.25) is 4.98 Å². The summed E-state index contributed by atoms with van der Waals surface area (Å²) in [5, 5.41) is 3.35. The van der Waals surface area contributed by atoms with Crippen molar-refractivity contribution in [3.05, 3.63) is 52.7 Å². The topological polar surface area (TPSA) is 38.1 Å². The molecule has 4 heteroatoms. The number of furan rings is 1. The van der Waals surface area contributed by atoms with Crippen LogP contribution < -0.4 is 5.32 Å². The second-order valence-electron chi connectivity index (χ2n) is 3.59. The van der Waals surface area contributed by atoms with Gasteiger partial charge in [-0.25, -0.2) is 0 Å². The summed E-state index contributed by atoms with van der Waals surface area (Å²) in [7, 11) is 0. The van der Waals surface area contributed by atoms with Gasteiger partial charge in [-0.15, -0.1) is 0 Å². The molecular formula is C12H13BrN2O. The maximum atomic E-state index is 5.31. The first-order valence-corrected chi connectivity index (χ1v) is 5.92. The van der Waals surface area contributed by atoms with Crippen molar-refractivity contribution in [3.8, 4) is 0 Å². The third kappa shape index (κ3) is 2.93. The van der Waals surface area contributed by atoms with Crippen LogP contribution in [0.1, 0.15) is 24.4 Å². The van der Waals surface area contributed by atoms with Gasteiger partial charge in [-0.2, -0.15) is 0 Å². The molecule has 84 valence electrons. The molecule has 16 heavy (non-hydrogen) atoms. The second-order valence-corrected chi connectivity index (χ2v) is 4.50. The summed E-state index contributed by atoms with van der Waals surface area (Å²) < 4.78 is 6.31. The molecule has 0 aliphatic heterocycles. The number of aromatic nitrogens is 1. The van der Waals surface area contributed by atoms with Crippen LogP contribution in [0.3, 0.4) is 0 Å². The molecule has 2 aromatic rings. The van der Waals surface area contributed by atoms with Gasteiger partial charge in [0.1, 0.15) is 5.76 Å². The Hall–Kier alpha value is -1.13. The van der Waals surface area contributed by atoms with E-state index in [1.54, 1.807) is 12.5 Å². The van der Waals surface area contributed by atoms with Crippen molar-refractivity contribution < 1.29 is 4.42 Å². The minimum absolute atomic E-state index is 0.195. The molecule has 1 N–H and O–H groups in total. The van der Waals surface area contributed by atoms with Crippen LogP contribution in [-0.4, -0.2) is 4.98 Å². The Balaban J connectivity index is 1.90. The molecule has 0 aliphatic rings. The first-order chi connectivity index (χ1) is 7.75. The van der Waals surface area contributed by atoms with Crippen LogP contribution in [0.25, 0.3) is 0 Å². The summed E-state index contributed by atoms with van der Waals surface area (Å²) in [6.45, 7) is 2.80. The van der Waals surface area contributed by atoms with Crippen LogP contribution in [0.15, 0.2) is 45.6 Å². The molecule has 2 rings (SSSR count). The van der Waals surface area contributed by atoms with Gasteiger partial charge in [-0.05, 0) is 47.1 Å². The van der Waals surface area contributed by atoms with Crippen molar-refractivity contribution in [2.45, 2.75) is 19.5 Å². The molecule has 0 bridgehead atoms. The Morgan fingerprint density at radius 1 is 1.44 bits per heavy atom. The number of pyridine rings is 1. The van der Waals surface area contributed by atoms with E-state index < -0.39 is 0 Å². The maximum Gasteiger partial charge on any atom is 0.120 e. The largest absolute Gasteiger partial charge is 0.468 e. The van der Waals surface area contributed by atoms with Crippen molar-refractivity contribution in [2.24, 2.45) is 0 Å². The van der Waals surface area contributed by atoms with E-state index in [0.717, 1.165) is 22.5 Å². The summed E-state index contributed by atoms with van der Waals surface area (Å²) >= 11 is 3.36. The van der Waals surface area contributed by atoms with Gasteiger partial charge in [0.05, 0.1) is 18.0 Å². The lowest BCUT2D eigenvalue weighted by Crippen LogP contribution is -2.18. The zero-order valence-electron chi connectivity index (χ0n) is 8.98. The van der Waals surface area contributed by atoms with Crippen molar-refractivity contribution >= 4 is 15.9 Å². The minimum Gasteiger partial charge on any atom is -0.468 e. The van der Waals surface area contributed by atoms with E-state index in [1.807, 2.05) is 24.3 Å². The molecule has 0 fully saturated rings. The van der Waals surface area contributed by atoms with Gasteiger partial charge < -0.3 is 9.73 Å². The number of rotatable bonds is 4. The Morgan fingerprint density at radius 2 is 2.31 bits per heavy atom. The van der Waals surface area contributed by atoms with Gasteiger partial charge in [-0.1, -0.05) is 0 Å². The van der Waals surface area contributed by atoms with Gasteiger partial charge in [0.15, 0.2) is 0 Å². The summed E-state index contributed by atoms with van der Waals surface area (Å²) in [6.07, 6.45) is 3.49. The van der Waals surface area contributed by atoms with Gasteiger partial charge in [0, 0.05) is 17.2 Å². The Labute approximate surface area is 103 Å². The highest BCUT2D eigenvalue weighted by molar-refractivity contribution is 9.10. The highest BCUT2D eigenvalue weighted by atomic mass is 79.9. The summed E-state index contributed by atoms with van der Waals surface area (Å²) in [6, 6.07) is 8.03. The van der Waals surface area contributed by atoms with Crippen molar-refractivity contribution in [1.29, 1.82) is 0 Å². The fraction of sp³-hybridized carbons (Fsp3) is 0.250. The number of hydrogen-bond acceptors (Lipinski definition) is 3. The van der Waals surface area contributed by atoms with E-state index in [2.05, 4.69) is 33.2 Å². The zero-order valence-corrected chi connectivity index (χ0v) is 10.6. The average molecular weight is 281 g/mol. The molecule has 0 aromatic carbocycles. The lowest BCUT2D eigenvalue weighted by molar-refractivity contribution is 0.429. The van der Waals surface area contributed by atoms with E-state index in [4.69, 9.17) is 4.42 Å². The number of nitrogens with zero attached hydrogens (tertiary/aromatic N) is 1. The predicted molar refractivity (Wildman–Crippen MR) is 65.9 cm³/mol. The molecule has 0 amide bonds. The van der Waals surface area contributed by atoms with E-state index in [0.29, 0.717) is 0 Å². The Kier molecular flexibility index (Phi) is 3.74. The number of nitrogens with one attached hydrogen (secondary N) is 1. The third-order valence-electron chi connectivity index (χ3n) is 2.35. The molecule has 0 saturated heterocycles. The SMILES string of the molecule is CC(NCc1ccc(Br)cn1)c1ccco1. The molecule has 1 unspecified atom stereocenters. The standard InChI is InChI=1S/C12H13BrN2O/c1-9(12-3-2-6-16-12)14-8-11-5-4-10(13)7-15-11/h2-7,9,14H,8H2,1H3. The second kappa shape index (κ2) is 5.27. The van der Waals surface area contributed by atoms with E-state index in [1.165, 1.54) is 0 Å². The van der Waals surface area contributed by atoms with Crippen LogP contribution in [-0.2, 0) is 6.54 Å². The molecule has 0 saturated carbocycles. The molecule has 2 heterocycles. The molecule has 1 atom stereocenters. The highest BCUT2D eigenvalue weighted by Gasteiger charge is 2.07. The van der Waals surface area contributed by atoms with Gasteiger partial charge >= 0.3 is 0 Å². The average Bonchev–Trinajstić information content (AvgIpc) is 2.81. The molecular weight excluding hydrogens is 268 g/mol. The van der Waals surface area contributed by atoms with Crippen LogP contribution in [0.4, 0.5) is 0 Å². The Morgan fingerprint density at radius 3 is 2.94 bits per heavy atom. The van der Waals surface area contributed by atoms with E-state index in [-0.39, 0.29) is 6.04 Å². The molecule has 0 radical (unpaired) electrons. The van der Waals surface area contributed by atoms with Crippen molar-refractivity contribution in [2.75, 3.05) is 0 Å². The van der Waals surface area contributed by atoms with Crippen LogP contribution in [0.2, 0.25) is 0 Å². The molecule has 0 spiro atoms. The quantitative estimate of drug-likeness (QED) is 0.934. The highest BCUT2D eigenvalue weighted by Crippen LogP contribution is 2.13. The normalized spacial score (nSPS) is 12.6. The van der Waals surface area contributed by atoms with E-state index >= 15 is 0 Å². The van der Waals surface area contributed by atoms with Crippen LogP contribution in [0.5, 0.6) is 0 Å². The minimum atomic E-state index is 0.195. The lowest BCUT2D eigenvalue weighted by Gasteiger charge is -2.10. The van der Waals surface area contributed by atoms with E-state index in [9.17, 15) is 0 Å². The monoisotopic (exact) mass is 280 g/mol. The number of halogens is 1. The van der Waals surface area contributed by atoms with Crippen LogP contribution in [0, 0.1) is 0 Å². The fourth-order valence-electron chi connectivity index (χ4n) is 1.41. The van der Waals surface area contributed by atoms with Crippen molar-refractivity contribution in [3.63, 3.8) is 0 Å². The summed E-state index contributed by atoms with van der Waals surface area (Å²) in [5.74, 6) is 0.942. The number of hydrogen-bond donors (Lipinski definition) is 1. The van der Waals surface area contributed by atoms with Crippen molar-refractivity contribution in [1.82, 2.24) is 10.3 Å². The molecule has 2 aromatic heterocycles. The summed E-state index contributed by atoms with van der Waals surface area (Å²) in [5.41, 5.74) is 1.02. The molecule has 3 nitrogen and oxygen atoms in total. The third-order valence-corrected chi connectivity index (χ3v) is 2.82. The zero-order chi connectivity index (χ0) is 11.4. The van der Waals surface area contributed by atoms with Gasteiger partial charge in [0.2, 0.25) is 0 Å². The first-order valence-electron chi connectivity index (χ1n) is 5.13. The lowest BCUT2D eigenvalue weighted by atomic mass is 10.2. The summed E-state index contributed by atoms with van der Waals surface area (Å²) in [4.78, 5) is 4.29. The first kappa shape index (κ1) is 11.4. The Bertz CT molecular complexity index is 425. The van der Waals surface area contributed by atoms with Gasteiger partial charge in [0.25, 0.3) is 0 Å². The molecule has 0 aliphatic carbocycles. The maximum absolute atomic E-state index is 5.31. The smallest absolute Gasteiger partial charge is 0.120 e. The predicted octanol–water partition coefficient (Wildman–Crippen LogP) is 3.29. The van der Waals surface area contributed by atoms with Crippen LogP contribution >= 0.6 is 15.9 Å².